The molecule has 1 heterocycles. The predicted molar refractivity (Wildman–Crippen MR) is 87.2 cm³/mol. The number of hydrogen-bond acceptors (Lipinski definition) is 5. The standard InChI is InChI=1S/C18H29NO5/c1-4-19-16(22)24-14-7-8-17(2)11-9-15(21)23-12(11)5-6-13(17)18(14,3)10-20/h11-14,20H,4-10H2,1-3H3,(H,19,22)/t11-,12-,13?,14-,17+,18+/m1/s1. The van der Waals surface area contributed by atoms with Crippen molar-refractivity contribution in [2.24, 2.45) is 22.7 Å². The molecule has 1 unspecified atom stereocenters. The molecule has 0 aromatic carbocycles. The Kier molecular flexibility index (Phi) is 4.53. The Labute approximate surface area is 143 Å². The van der Waals surface area contributed by atoms with E-state index >= 15 is 0 Å². The highest BCUT2D eigenvalue weighted by Gasteiger charge is 2.62. The van der Waals surface area contributed by atoms with Crippen LogP contribution >= 0.6 is 0 Å². The maximum atomic E-state index is 11.9. The van der Waals surface area contributed by atoms with Crippen molar-refractivity contribution in [1.29, 1.82) is 0 Å². The molecule has 3 aliphatic rings. The molecule has 136 valence electrons. The van der Waals surface area contributed by atoms with Crippen LogP contribution in [0.5, 0.6) is 0 Å². The Balaban J connectivity index is 1.85. The molecule has 0 aromatic heterocycles. The van der Waals surface area contributed by atoms with Crippen LogP contribution in [0.1, 0.15) is 52.9 Å². The van der Waals surface area contributed by atoms with Crippen molar-refractivity contribution < 1.29 is 24.2 Å². The number of ether oxygens (including phenoxy) is 2. The number of carbonyl (C=O) groups excluding carboxylic acids is 2. The zero-order chi connectivity index (χ0) is 17.5. The van der Waals surface area contributed by atoms with E-state index in [4.69, 9.17) is 9.47 Å². The smallest absolute Gasteiger partial charge is 0.407 e. The first-order valence-corrected chi connectivity index (χ1v) is 9.10. The monoisotopic (exact) mass is 339 g/mol. The van der Waals surface area contributed by atoms with Crippen LogP contribution in [-0.4, -0.2) is 42.5 Å². The Bertz CT molecular complexity index is 524. The van der Waals surface area contributed by atoms with E-state index in [2.05, 4.69) is 12.2 Å². The maximum absolute atomic E-state index is 11.9. The molecule has 6 nitrogen and oxygen atoms in total. The zero-order valence-electron chi connectivity index (χ0n) is 14.8. The fourth-order valence-corrected chi connectivity index (χ4v) is 5.61. The summed E-state index contributed by atoms with van der Waals surface area (Å²) in [7, 11) is 0. The summed E-state index contributed by atoms with van der Waals surface area (Å²) >= 11 is 0. The minimum absolute atomic E-state index is 0.0163. The first-order chi connectivity index (χ1) is 11.3. The van der Waals surface area contributed by atoms with Crippen molar-refractivity contribution in [3.63, 3.8) is 0 Å². The average Bonchev–Trinajstić information content (AvgIpc) is 2.92. The first-order valence-electron chi connectivity index (χ1n) is 9.10. The molecule has 1 aliphatic heterocycles. The third-order valence-electron chi connectivity index (χ3n) is 6.89. The first kappa shape index (κ1) is 17.5. The van der Waals surface area contributed by atoms with Gasteiger partial charge < -0.3 is 19.9 Å². The van der Waals surface area contributed by atoms with Gasteiger partial charge in [0.05, 0.1) is 13.0 Å². The molecule has 2 aliphatic carbocycles. The fraction of sp³-hybridized carbons (Fsp3) is 0.889. The highest BCUT2D eigenvalue weighted by Crippen LogP contribution is 2.62. The van der Waals surface area contributed by atoms with E-state index in [-0.39, 0.29) is 42.0 Å². The van der Waals surface area contributed by atoms with Crippen LogP contribution in [0.25, 0.3) is 0 Å². The Morgan fingerprint density at radius 1 is 1.38 bits per heavy atom. The summed E-state index contributed by atoms with van der Waals surface area (Å²) in [6.07, 6.45) is 3.08. The van der Waals surface area contributed by atoms with Gasteiger partial charge in [0.25, 0.3) is 0 Å². The zero-order valence-corrected chi connectivity index (χ0v) is 14.8. The summed E-state index contributed by atoms with van der Waals surface area (Å²) in [6.45, 7) is 6.60. The van der Waals surface area contributed by atoms with Crippen LogP contribution in [0.2, 0.25) is 0 Å². The number of nitrogens with one attached hydrogen (secondary N) is 1. The summed E-state index contributed by atoms with van der Waals surface area (Å²) in [5.41, 5.74) is -0.553. The number of aliphatic hydroxyl groups is 1. The van der Waals surface area contributed by atoms with Crippen LogP contribution in [0.15, 0.2) is 0 Å². The van der Waals surface area contributed by atoms with E-state index in [1.807, 2.05) is 13.8 Å². The van der Waals surface area contributed by atoms with Gasteiger partial charge in [0.15, 0.2) is 0 Å². The van der Waals surface area contributed by atoms with Crippen molar-refractivity contribution in [2.45, 2.75) is 65.1 Å². The lowest BCUT2D eigenvalue weighted by molar-refractivity contribution is -0.175. The van der Waals surface area contributed by atoms with Gasteiger partial charge in [0.1, 0.15) is 12.2 Å². The van der Waals surface area contributed by atoms with E-state index in [9.17, 15) is 14.7 Å². The molecular weight excluding hydrogens is 310 g/mol. The third kappa shape index (κ3) is 2.59. The lowest BCUT2D eigenvalue weighted by atomic mass is 9.46. The minimum Gasteiger partial charge on any atom is -0.462 e. The Morgan fingerprint density at radius 3 is 2.79 bits per heavy atom. The van der Waals surface area contributed by atoms with Crippen LogP contribution < -0.4 is 5.32 Å². The van der Waals surface area contributed by atoms with Crippen LogP contribution in [0.4, 0.5) is 4.79 Å². The summed E-state index contributed by atoms with van der Waals surface area (Å²) in [5.74, 6) is 0.317. The molecule has 24 heavy (non-hydrogen) atoms. The molecule has 0 aromatic rings. The topological polar surface area (TPSA) is 84.9 Å². The molecule has 0 radical (unpaired) electrons. The number of aliphatic hydroxyl groups excluding tert-OH is 1. The molecule has 2 N–H and O–H groups in total. The summed E-state index contributed by atoms with van der Waals surface area (Å²) < 4.78 is 11.2. The third-order valence-corrected chi connectivity index (χ3v) is 6.89. The average molecular weight is 339 g/mol. The second-order valence-corrected chi connectivity index (χ2v) is 8.10. The molecule has 2 saturated carbocycles. The van der Waals surface area contributed by atoms with E-state index < -0.39 is 11.5 Å². The highest BCUT2D eigenvalue weighted by atomic mass is 16.6. The van der Waals surface area contributed by atoms with Crippen LogP contribution in [-0.2, 0) is 14.3 Å². The van der Waals surface area contributed by atoms with Gasteiger partial charge in [-0.3, -0.25) is 4.79 Å². The molecule has 1 saturated heterocycles. The van der Waals surface area contributed by atoms with Gasteiger partial charge in [0.2, 0.25) is 0 Å². The molecule has 0 bridgehead atoms. The summed E-state index contributed by atoms with van der Waals surface area (Å²) in [6, 6.07) is 0. The predicted octanol–water partition coefficient (Wildman–Crippen LogP) is 2.24. The lowest BCUT2D eigenvalue weighted by Crippen LogP contribution is -2.60. The van der Waals surface area contributed by atoms with Gasteiger partial charge >= 0.3 is 12.1 Å². The Hall–Kier alpha value is -1.30. The number of fused-ring (bicyclic) bond motifs is 3. The molecular formula is C18H29NO5. The van der Waals surface area contributed by atoms with Crippen molar-refractivity contribution in [3.8, 4) is 0 Å². The molecule has 0 spiro atoms. The van der Waals surface area contributed by atoms with Gasteiger partial charge in [0, 0.05) is 17.9 Å². The summed E-state index contributed by atoms with van der Waals surface area (Å²) in [5, 5.41) is 12.9. The second kappa shape index (κ2) is 6.21. The van der Waals surface area contributed by atoms with E-state index in [0.717, 1.165) is 19.3 Å². The molecule has 6 heteroatoms. The van der Waals surface area contributed by atoms with Gasteiger partial charge in [-0.15, -0.1) is 0 Å². The van der Waals surface area contributed by atoms with Gasteiger partial charge in [-0.05, 0) is 43.9 Å². The second-order valence-electron chi connectivity index (χ2n) is 8.10. The van der Waals surface area contributed by atoms with Crippen LogP contribution in [0.3, 0.4) is 0 Å². The van der Waals surface area contributed by atoms with E-state index in [0.29, 0.717) is 19.4 Å². The number of rotatable bonds is 3. The highest BCUT2D eigenvalue weighted by molar-refractivity contribution is 5.72. The molecule has 6 atom stereocenters. The largest absolute Gasteiger partial charge is 0.462 e. The SMILES string of the molecule is CCNC(=O)O[C@@H]1CC[C@]2(C)C(CC[C@H]3OC(=O)C[C@H]32)[C@]1(C)CO. The minimum atomic E-state index is -0.491. The van der Waals surface area contributed by atoms with Gasteiger partial charge in [-0.2, -0.15) is 0 Å². The van der Waals surface area contributed by atoms with Crippen LogP contribution in [0, 0.1) is 22.7 Å². The number of alkyl carbamates (subject to hydrolysis) is 1. The van der Waals surface area contributed by atoms with Gasteiger partial charge in [-0.1, -0.05) is 13.8 Å². The Morgan fingerprint density at radius 2 is 2.12 bits per heavy atom. The quantitative estimate of drug-likeness (QED) is 0.770. The van der Waals surface area contributed by atoms with Crippen molar-refractivity contribution >= 4 is 12.1 Å². The number of carbonyl (C=O) groups is 2. The lowest BCUT2D eigenvalue weighted by Gasteiger charge is -2.59. The fourth-order valence-electron chi connectivity index (χ4n) is 5.61. The van der Waals surface area contributed by atoms with Gasteiger partial charge in [-0.25, -0.2) is 4.79 Å². The number of hydrogen-bond donors (Lipinski definition) is 2. The van der Waals surface area contributed by atoms with Crippen molar-refractivity contribution in [2.75, 3.05) is 13.2 Å². The van der Waals surface area contributed by atoms with Crippen molar-refractivity contribution in [3.05, 3.63) is 0 Å². The van der Waals surface area contributed by atoms with Crippen molar-refractivity contribution in [1.82, 2.24) is 5.32 Å². The normalized spacial score (nSPS) is 44.2. The number of esters is 1. The van der Waals surface area contributed by atoms with E-state index in [1.165, 1.54) is 0 Å². The van der Waals surface area contributed by atoms with E-state index in [1.54, 1.807) is 0 Å². The molecule has 1 amide bonds. The maximum Gasteiger partial charge on any atom is 0.407 e. The number of amides is 1. The molecule has 3 rings (SSSR count). The molecule has 3 fully saturated rings. The summed E-state index contributed by atoms with van der Waals surface area (Å²) in [4.78, 5) is 23.7.